The quantitative estimate of drug-likeness (QED) is 0.182. The van der Waals surface area contributed by atoms with Crippen LogP contribution in [0.5, 0.6) is 23.0 Å². The zero-order valence-corrected chi connectivity index (χ0v) is 29.0. The molecule has 0 saturated carbocycles. The first kappa shape index (κ1) is 31.6. The Morgan fingerprint density at radius 2 is 1.27 bits per heavy atom. The lowest BCUT2D eigenvalue weighted by Crippen LogP contribution is -2.60. The van der Waals surface area contributed by atoms with E-state index in [1.165, 1.54) is 0 Å². The Labute approximate surface area is 300 Å². The highest BCUT2D eigenvalue weighted by Gasteiger charge is 2.71. The first-order chi connectivity index (χ1) is 25.3. The molecule has 0 saturated heterocycles. The van der Waals surface area contributed by atoms with E-state index in [0.717, 1.165) is 11.1 Å². The number of fused-ring (bicyclic) bond motifs is 8. The van der Waals surface area contributed by atoms with Gasteiger partial charge in [0.15, 0.2) is 11.6 Å². The second-order valence-electron chi connectivity index (χ2n) is 13.5. The Hall–Kier alpha value is -6.35. The number of Topliss-reactive ketones (excluding diaryl/α,β-unsaturated/α-hetero) is 3. The van der Waals surface area contributed by atoms with E-state index in [1.807, 2.05) is 72.8 Å². The Balaban J connectivity index is 1.44. The molecule has 9 nitrogen and oxygen atoms in total. The summed E-state index contributed by atoms with van der Waals surface area (Å²) in [5.74, 6) is 0.456. The average molecular weight is 691 g/mol. The van der Waals surface area contributed by atoms with E-state index >= 15 is 9.59 Å². The predicted octanol–water partition coefficient (Wildman–Crippen LogP) is 7.26. The zero-order chi connectivity index (χ0) is 35.9. The van der Waals surface area contributed by atoms with Gasteiger partial charge in [0.25, 0.3) is 0 Å². The van der Waals surface area contributed by atoms with Gasteiger partial charge < -0.3 is 29.6 Å². The summed E-state index contributed by atoms with van der Waals surface area (Å²) in [5, 5.41) is 7.14. The molecular formula is C43H34N2O7. The second-order valence-corrected chi connectivity index (χ2v) is 13.5. The molecule has 3 aliphatic carbocycles. The molecule has 5 aromatic rings. The van der Waals surface area contributed by atoms with Crippen LogP contribution in [-0.4, -0.2) is 51.3 Å². The highest BCUT2D eigenvalue weighted by Crippen LogP contribution is 2.69. The number of rotatable bonds is 7. The van der Waals surface area contributed by atoms with Crippen molar-refractivity contribution in [3.05, 3.63) is 148 Å². The van der Waals surface area contributed by atoms with Crippen molar-refractivity contribution in [3.63, 3.8) is 0 Å². The monoisotopic (exact) mass is 690 g/mol. The minimum Gasteiger partial charge on any atom is -0.497 e. The van der Waals surface area contributed by atoms with Crippen molar-refractivity contribution < 1.29 is 33.3 Å². The molecule has 4 aliphatic rings. The van der Waals surface area contributed by atoms with Crippen molar-refractivity contribution in [2.24, 2.45) is 0 Å². The standard InChI is InChI=1S/C43H34N2O7/c1-49-25-17-24(18-26(19-25)50-2)44-37-35(29-13-7-8-14-30(29)38(37)46)43-36-33(20-27(51-3)21-34(36)52-4)45-42(22-23-11-5-6-12-28(23)40(42)47)39(43)31-15-9-10-16-32(31)41(43)48/h5-21,39,45H,22H2,1-4H3,(H,44,46)/t39-,42-,43+/m1/s1. The first-order valence-corrected chi connectivity index (χ1v) is 17.0. The number of carbonyl (C=O) groups excluding carboxylic acids is 3. The number of allylic oxidation sites excluding steroid dienone is 2. The van der Waals surface area contributed by atoms with E-state index in [9.17, 15) is 4.79 Å². The molecule has 0 radical (unpaired) electrons. The van der Waals surface area contributed by atoms with Gasteiger partial charge in [-0.05, 0) is 16.7 Å². The first-order valence-electron chi connectivity index (χ1n) is 17.0. The number of anilines is 2. The van der Waals surface area contributed by atoms with Crippen molar-refractivity contribution >= 4 is 34.3 Å². The summed E-state index contributed by atoms with van der Waals surface area (Å²) < 4.78 is 23.0. The number of nitrogens with one attached hydrogen (secondary N) is 2. The summed E-state index contributed by atoms with van der Waals surface area (Å²) in [6.45, 7) is 0. The van der Waals surface area contributed by atoms with Crippen LogP contribution in [-0.2, 0) is 11.8 Å². The maximum absolute atomic E-state index is 15.9. The van der Waals surface area contributed by atoms with Gasteiger partial charge in [-0.3, -0.25) is 14.4 Å². The minimum atomic E-state index is -1.63. The lowest BCUT2D eigenvalue weighted by Gasteiger charge is -2.51. The molecule has 52 heavy (non-hydrogen) atoms. The number of benzene rings is 5. The fraction of sp³-hybridized carbons (Fsp3) is 0.186. The van der Waals surface area contributed by atoms with Gasteiger partial charge in [0, 0.05) is 81.9 Å². The third kappa shape index (κ3) is 4.01. The maximum Gasteiger partial charge on any atom is 0.210 e. The van der Waals surface area contributed by atoms with E-state index in [1.54, 1.807) is 58.8 Å². The van der Waals surface area contributed by atoms with Gasteiger partial charge >= 0.3 is 0 Å². The van der Waals surface area contributed by atoms with E-state index in [-0.39, 0.29) is 23.0 Å². The summed E-state index contributed by atoms with van der Waals surface area (Å²) in [7, 11) is 6.22. The lowest BCUT2D eigenvalue weighted by molar-refractivity contribution is 0.0829. The predicted molar refractivity (Wildman–Crippen MR) is 196 cm³/mol. The van der Waals surface area contributed by atoms with Gasteiger partial charge in [0.1, 0.15) is 34.0 Å². The van der Waals surface area contributed by atoms with E-state index in [2.05, 4.69) is 10.6 Å². The van der Waals surface area contributed by atoms with Gasteiger partial charge in [0.05, 0.1) is 34.1 Å². The summed E-state index contributed by atoms with van der Waals surface area (Å²) in [6, 6.07) is 31.2. The van der Waals surface area contributed by atoms with Crippen molar-refractivity contribution in [1.82, 2.24) is 0 Å². The van der Waals surface area contributed by atoms with E-state index in [4.69, 9.17) is 18.9 Å². The van der Waals surface area contributed by atoms with Gasteiger partial charge in [-0.1, -0.05) is 72.8 Å². The van der Waals surface area contributed by atoms with Crippen LogP contribution in [0.1, 0.15) is 59.2 Å². The van der Waals surface area contributed by atoms with Crippen molar-refractivity contribution in [2.45, 2.75) is 23.3 Å². The number of methoxy groups -OCH3 is 4. The Bertz CT molecular complexity index is 2410. The van der Waals surface area contributed by atoms with Crippen molar-refractivity contribution in [1.29, 1.82) is 0 Å². The third-order valence-electron chi connectivity index (χ3n) is 11.2. The van der Waals surface area contributed by atoms with Crippen LogP contribution < -0.4 is 29.6 Å². The van der Waals surface area contributed by atoms with Crippen LogP contribution in [0.25, 0.3) is 5.57 Å². The average Bonchev–Trinajstić information content (AvgIpc) is 3.73. The fourth-order valence-corrected chi connectivity index (χ4v) is 9.18. The number of ketones is 3. The zero-order valence-electron chi connectivity index (χ0n) is 29.0. The van der Waals surface area contributed by atoms with Crippen molar-refractivity contribution in [3.8, 4) is 23.0 Å². The van der Waals surface area contributed by atoms with Crippen LogP contribution in [0.15, 0.2) is 109 Å². The Morgan fingerprint density at radius 3 is 1.94 bits per heavy atom. The molecule has 1 spiro atoms. The Morgan fingerprint density at radius 1 is 0.654 bits per heavy atom. The van der Waals surface area contributed by atoms with Crippen molar-refractivity contribution in [2.75, 3.05) is 39.1 Å². The lowest BCUT2D eigenvalue weighted by atomic mass is 9.54. The SMILES string of the molecule is COc1cc(NC2=C([C@@]34C(=O)c5ccccc5[C@@H]3[C@@]3(Cc5ccccc5C3=O)Nc3cc(OC)cc(OC)c34)c3ccccc3C2=O)cc(OC)c1. The van der Waals surface area contributed by atoms with Gasteiger partial charge in [-0.15, -0.1) is 0 Å². The Kier molecular flexibility index (Phi) is 6.89. The fourth-order valence-electron chi connectivity index (χ4n) is 9.18. The molecule has 258 valence electrons. The normalized spacial score (nSPS) is 21.9. The number of hydrogen-bond donors (Lipinski definition) is 2. The van der Waals surface area contributed by atoms with Gasteiger partial charge in [0.2, 0.25) is 5.78 Å². The molecule has 0 amide bonds. The molecule has 9 heteroatoms. The van der Waals surface area contributed by atoms with E-state index in [0.29, 0.717) is 74.2 Å². The largest absolute Gasteiger partial charge is 0.497 e. The molecule has 3 atom stereocenters. The third-order valence-corrected chi connectivity index (χ3v) is 11.2. The molecule has 0 unspecified atom stereocenters. The molecule has 2 N–H and O–H groups in total. The highest BCUT2D eigenvalue weighted by molar-refractivity contribution is 6.31. The summed E-state index contributed by atoms with van der Waals surface area (Å²) >= 11 is 0. The van der Waals surface area contributed by atoms with Gasteiger partial charge in [-0.25, -0.2) is 0 Å². The smallest absolute Gasteiger partial charge is 0.210 e. The summed E-state index contributed by atoms with van der Waals surface area (Å²) in [6.07, 6.45) is 0.313. The van der Waals surface area contributed by atoms with Crippen LogP contribution in [0.3, 0.4) is 0 Å². The van der Waals surface area contributed by atoms with Gasteiger partial charge in [-0.2, -0.15) is 0 Å². The molecule has 0 aromatic heterocycles. The summed E-state index contributed by atoms with van der Waals surface area (Å²) in [4.78, 5) is 45.9. The van der Waals surface area contributed by atoms with Crippen LogP contribution in [0.2, 0.25) is 0 Å². The second kappa shape index (κ2) is 11.3. The van der Waals surface area contributed by atoms with Crippen LogP contribution in [0, 0.1) is 0 Å². The molecule has 1 aliphatic heterocycles. The van der Waals surface area contributed by atoms with E-state index < -0.39 is 16.9 Å². The molecule has 0 bridgehead atoms. The number of ether oxygens (including phenoxy) is 4. The minimum absolute atomic E-state index is 0.125. The topological polar surface area (TPSA) is 112 Å². The summed E-state index contributed by atoms with van der Waals surface area (Å²) in [5.41, 5.74) is 3.00. The maximum atomic E-state index is 15.9. The molecule has 5 aromatic carbocycles. The van der Waals surface area contributed by atoms with Crippen LogP contribution in [0.4, 0.5) is 11.4 Å². The molecule has 0 fully saturated rings. The molecule has 9 rings (SSSR count). The number of hydrogen-bond acceptors (Lipinski definition) is 9. The molecular weight excluding hydrogens is 656 g/mol. The number of carbonyl (C=O) groups is 3. The highest BCUT2D eigenvalue weighted by atomic mass is 16.5. The molecule has 1 heterocycles. The van der Waals surface area contributed by atoms with Crippen LogP contribution >= 0.6 is 0 Å².